The fourth-order valence-electron chi connectivity index (χ4n) is 5.34. The van der Waals surface area contributed by atoms with Gasteiger partial charge in [-0.1, -0.05) is 49.9 Å². The molecule has 0 radical (unpaired) electrons. The molecule has 2 aromatic carbocycles. The van der Waals surface area contributed by atoms with Gasteiger partial charge < -0.3 is 9.64 Å². The van der Waals surface area contributed by atoms with Crippen LogP contribution in [0.4, 0.5) is 0 Å². The Labute approximate surface area is 170 Å². The zero-order valence-corrected chi connectivity index (χ0v) is 16.4. The molecule has 2 atom stereocenters. The summed E-state index contributed by atoms with van der Waals surface area (Å²) in [7, 11) is 0. The van der Waals surface area contributed by atoms with E-state index in [1.165, 1.54) is 25.7 Å². The van der Waals surface area contributed by atoms with Crippen LogP contribution in [0.3, 0.4) is 0 Å². The van der Waals surface area contributed by atoms with Crippen LogP contribution in [0.2, 0.25) is 0 Å². The van der Waals surface area contributed by atoms with Crippen LogP contribution in [0, 0.1) is 0 Å². The number of benzene rings is 2. The number of epoxide rings is 1. The Kier molecular flexibility index (Phi) is 3.95. The van der Waals surface area contributed by atoms with Crippen LogP contribution in [0.1, 0.15) is 60.6 Å². The monoisotopic (exact) mass is 384 g/mol. The molecule has 6 rings (SSSR count). The summed E-state index contributed by atoms with van der Waals surface area (Å²) in [5, 5.41) is 2.19. The van der Waals surface area contributed by atoms with Crippen molar-refractivity contribution >= 4 is 16.7 Å². The van der Waals surface area contributed by atoms with Crippen molar-refractivity contribution in [3.63, 3.8) is 0 Å². The molecule has 3 aromatic rings. The summed E-state index contributed by atoms with van der Waals surface area (Å²) in [6.07, 6.45) is 10.7. The predicted molar refractivity (Wildman–Crippen MR) is 112 cm³/mol. The van der Waals surface area contributed by atoms with Crippen LogP contribution >= 0.6 is 0 Å². The van der Waals surface area contributed by atoms with E-state index in [2.05, 4.69) is 28.1 Å². The number of aromatic nitrogens is 1. The molecule has 1 saturated carbocycles. The molecule has 1 saturated heterocycles. The van der Waals surface area contributed by atoms with Gasteiger partial charge in [-0.3, -0.25) is 9.78 Å². The molecule has 0 bridgehead atoms. The molecule has 146 valence electrons. The maximum atomic E-state index is 13.8. The molecular weight excluding hydrogens is 360 g/mol. The SMILES string of the molecule is O=C1c2cccc3c(-c4ccncc4)ccc(c23)C2OC2N1C1CCCCCC1. The number of hydrogen-bond donors (Lipinski definition) is 0. The first-order valence-electron chi connectivity index (χ1n) is 10.8. The van der Waals surface area contributed by atoms with Gasteiger partial charge in [0, 0.05) is 29.4 Å². The number of carbonyl (C=O) groups is 1. The molecule has 29 heavy (non-hydrogen) atoms. The number of fused-ring (bicyclic) bond motifs is 2. The third kappa shape index (κ3) is 2.70. The number of hydrogen-bond acceptors (Lipinski definition) is 3. The Morgan fingerprint density at radius 2 is 1.69 bits per heavy atom. The number of rotatable bonds is 2. The number of amides is 1. The predicted octanol–water partition coefficient (Wildman–Crippen LogP) is 5.48. The second-order valence-corrected chi connectivity index (χ2v) is 8.47. The number of carbonyl (C=O) groups excluding carboxylic acids is 1. The first kappa shape index (κ1) is 17.2. The Morgan fingerprint density at radius 3 is 2.48 bits per heavy atom. The molecule has 1 aliphatic carbocycles. The number of nitrogens with zero attached hydrogens (tertiary/aromatic N) is 2. The van der Waals surface area contributed by atoms with Gasteiger partial charge in [0.25, 0.3) is 5.91 Å². The third-order valence-corrected chi connectivity index (χ3v) is 6.80. The van der Waals surface area contributed by atoms with Gasteiger partial charge in [0.2, 0.25) is 0 Å². The molecule has 3 heterocycles. The number of pyridine rings is 1. The van der Waals surface area contributed by atoms with E-state index in [0.717, 1.165) is 45.9 Å². The van der Waals surface area contributed by atoms with Crippen LogP contribution in [-0.2, 0) is 4.74 Å². The summed E-state index contributed by atoms with van der Waals surface area (Å²) in [6, 6.07) is 14.8. The Morgan fingerprint density at radius 1 is 0.897 bits per heavy atom. The zero-order chi connectivity index (χ0) is 19.4. The van der Waals surface area contributed by atoms with E-state index in [0.29, 0.717) is 6.04 Å². The molecule has 4 nitrogen and oxygen atoms in total. The van der Waals surface area contributed by atoms with E-state index in [1.54, 1.807) is 0 Å². The molecule has 0 N–H and O–H groups in total. The Hall–Kier alpha value is -2.72. The van der Waals surface area contributed by atoms with Crippen molar-refractivity contribution in [1.82, 2.24) is 9.88 Å². The average molecular weight is 384 g/mol. The molecule has 2 unspecified atom stereocenters. The highest BCUT2D eigenvalue weighted by molar-refractivity contribution is 6.13. The van der Waals surface area contributed by atoms with Crippen molar-refractivity contribution in [2.75, 3.05) is 0 Å². The average Bonchev–Trinajstić information content (AvgIpc) is 3.58. The van der Waals surface area contributed by atoms with Gasteiger partial charge in [-0.25, -0.2) is 0 Å². The highest BCUT2D eigenvalue weighted by Crippen LogP contribution is 2.50. The van der Waals surface area contributed by atoms with E-state index < -0.39 is 0 Å². The van der Waals surface area contributed by atoms with E-state index in [4.69, 9.17) is 4.74 Å². The topological polar surface area (TPSA) is 45.7 Å². The van der Waals surface area contributed by atoms with Gasteiger partial charge >= 0.3 is 0 Å². The van der Waals surface area contributed by atoms with E-state index in [-0.39, 0.29) is 18.2 Å². The summed E-state index contributed by atoms with van der Waals surface area (Å²) in [6.45, 7) is 0. The van der Waals surface area contributed by atoms with Crippen molar-refractivity contribution in [3.8, 4) is 11.1 Å². The maximum absolute atomic E-state index is 13.8. The zero-order valence-electron chi connectivity index (χ0n) is 16.4. The third-order valence-electron chi connectivity index (χ3n) is 6.80. The molecule has 3 aliphatic rings. The minimum Gasteiger partial charge on any atom is -0.342 e. The van der Waals surface area contributed by atoms with Crippen molar-refractivity contribution < 1.29 is 9.53 Å². The fraction of sp³-hybridized carbons (Fsp3) is 0.360. The Balaban J connectivity index is 1.52. The minimum absolute atomic E-state index is 0.000145. The fourth-order valence-corrected chi connectivity index (χ4v) is 5.34. The summed E-state index contributed by atoms with van der Waals surface area (Å²) < 4.78 is 6.12. The summed E-state index contributed by atoms with van der Waals surface area (Å²) in [5.41, 5.74) is 4.24. The lowest BCUT2D eigenvalue weighted by atomic mass is 9.91. The van der Waals surface area contributed by atoms with Gasteiger partial charge in [0.1, 0.15) is 6.10 Å². The quantitative estimate of drug-likeness (QED) is 0.434. The second kappa shape index (κ2) is 6.67. The lowest BCUT2D eigenvalue weighted by Crippen LogP contribution is -2.42. The summed E-state index contributed by atoms with van der Waals surface area (Å²) in [5.74, 6) is 0.139. The number of ether oxygens (including phenoxy) is 1. The first-order chi connectivity index (χ1) is 14.3. The normalized spacial score (nSPS) is 24.1. The van der Waals surface area contributed by atoms with E-state index in [9.17, 15) is 4.79 Å². The highest BCUT2D eigenvalue weighted by atomic mass is 16.6. The largest absolute Gasteiger partial charge is 0.342 e. The van der Waals surface area contributed by atoms with Gasteiger partial charge in [0.15, 0.2) is 6.23 Å². The highest BCUT2D eigenvalue weighted by Gasteiger charge is 2.52. The van der Waals surface area contributed by atoms with Crippen LogP contribution in [0.25, 0.3) is 21.9 Å². The maximum Gasteiger partial charge on any atom is 0.256 e. The molecule has 2 fully saturated rings. The molecule has 4 heteroatoms. The van der Waals surface area contributed by atoms with E-state index in [1.807, 2.05) is 36.7 Å². The Bertz CT molecular complexity index is 1090. The van der Waals surface area contributed by atoms with E-state index >= 15 is 0 Å². The van der Waals surface area contributed by atoms with Crippen molar-refractivity contribution in [2.24, 2.45) is 0 Å². The van der Waals surface area contributed by atoms with Gasteiger partial charge in [-0.05, 0) is 53.1 Å². The lowest BCUT2D eigenvalue weighted by Gasteiger charge is -2.29. The van der Waals surface area contributed by atoms with Crippen LogP contribution < -0.4 is 0 Å². The lowest BCUT2D eigenvalue weighted by molar-refractivity contribution is 0.0539. The molecule has 0 spiro atoms. The van der Waals surface area contributed by atoms with Crippen molar-refractivity contribution in [1.29, 1.82) is 0 Å². The van der Waals surface area contributed by atoms with Gasteiger partial charge in [0.05, 0.1) is 0 Å². The summed E-state index contributed by atoms with van der Waals surface area (Å²) >= 11 is 0. The molecule has 1 amide bonds. The molecule has 2 aliphatic heterocycles. The summed E-state index contributed by atoms with van der Waals surface area (Å²) in [4.78, 5) is 20.0. The smallest absolute Gasteiger partial charge is 0.256 e. The van der Waals surface area contributed by atoms with Crippen LogP contribution in [-0.4, -0.2) is 28.1 Å². The van der Waals surface area contributed by atoms with Gasteiger partial charge in [-0.15, -0.1) is 0 Å². The van der Waals surface area contributed by atoms with Crippen LogP contribution in [0.15, 0.2) is 54.9 Å². The van der Waals surface area contributed by atoms with Gasteiger partial charge in [-0.2, -0.15) is 0 Å². The van der Waals surface area contributed by atoms with Crippen molar-refractivity contribution in [2.45, 2.75) is 56.9 Å². The standard InChI is InChI=1S/C25H24N2O2/c28-24-21-9-5-8-19-18(16-12-14-26-15-13-16)10-11-20(22(19)21)23-25(29-23)27(24)17-6-3-1-2-4-7-17/h5,8-15,17,23,25H,1-4,6-7H2. The van der Waals surface area contributed by atoms with Crippen LogP contribution in [0.5, 0.6) is 0 Å². The molecule has 1 aromatic heterocycles. The second-order valence-electron chi connectivity index (χ2n) is 8.47. The molecular formula is C25H24N2O2. The first-order valence-corrected chi connectivity index (χ1v) is 10.8. The minimum atomic E-state index is -0.104. The van der Waals surface area contributed by atoms with Crippen molar-refractivity contribution in [3.05, 3.63) is 66.0 Å².